The van der Waals surface area contributed by atoms with E-state index in [9.17, 15) is 0 Å². The van der Waals surface area contributed by atoms with Crippen LogP contribution >= 0.6 is 0 Å². The van der Waals surface area contributed by atoms with Crippen LogP contribution in [0.4, 0.5) is 0 Å². The van der Waals surface area contributed by atoms with E-state index in [2.05, 4.69) is 25.8 Å². The molecule has 78 valence electrons. The Balaban J connectivity index is 1.98. The van der Waals surface area contributed by atoms with E-state index < -0.39 is 0 Å². The van der Waals surface area contributed by atoms with Crippen LogP contribution in [0.5, 0.6) is 0 Å². The number of rotatable bonds is 6. The Kier molecular flexibility index (Phi) is 4.74. The molecule has 1 aliphatic carbocycles. The van der Waals surface area contributed by atoms with Gasteiger partial charge in [0, 0.05) is 12.6 Å². The molecule has 0 radical (unpaired) electrons. The molecule has 0 aromatic rings. The fourth-order valence-corrected chi connectivity index (χ4v) is 1.69. The zero-order valence-corrected chi connectivity index (χ0v) is 9.25. The van der Waals surface area contributed by atoms with Crippen LogP contribution in [0.3, 0.4) is 0 Å². The van der Waals surface area contributed by atoms with Gasteiger partial charge in [0.15, 0.2) is 0 Å². The lowest BCUT2D eigenvalue weighted by molar-refractivity contribution is -0.0447. The van der Waals surface area contributed by atoms with Crippen LogP contribution in [0.2, 0.25) is 0 Å². The summed E-state index contributed by atoms with van der Waals surface area (Å²) in [6.45, 7) is 6.54. The zero-order chi connectivity index (χ0) is 9.68. The van der Waals surface area contributed by atoms with E-state index >= 15 is 0 Å². The van der Waals surface area contributed by atoms with Crippen LogP contribution in [0.1, 0.15) is 39.5 Å². The third-order valence-corrected chi connectivity index (χ3v) is 3.04. The smallest absolute Gasteiger partial charge is 0.0605 e. The van der Waals surface area contributed by atoms with Gasteiger partial charge in [-0.25, -0.2) is 0 Å². The summed E-state index contributed by atoms with van der Waals surface area (Å²) in [6.07, 6.45) is 5.50. The third kappa shape index (κ3) is 3.28. The predicted molar refractivity (Wildman–Crippen MR) is 56.0 cm³/mol. The molecular weight excluding hydrogens is 162 g/mol. The van der Waals surface area contributed by atoms with E-state index in [0.717, 1.165) is 19.2 Å². The van der Waals surface area contributed by atoms with Crippen LogP contribution in [-0.2, 0) is 4.74 Å². The molecule has 2 nitrogen and oxygen atoms in total. The Morgan fingerprint density at radius 1 is 1.31 bits per heavy atom. The second-order valence-electron chi connectivity index (χ2n) is 4.04. The largest absolute Gasteiger partial charge is 0.378 e. The fraction of sp³-hybridized carbons (Fsp3) is 1.00. The van der Waals surface area contributed by atoms with Gasteiger partial charge >= 0.3 is 0 Å². The normalized spacial score (nSPS) is 27.7. The maximum Gasteiger partial charge on any atom is 0.0605 e. The van der Waals surface area contributed by atoms with Crippen molar-refractivity contribution in [2.75, 3.05) is 20.2 Å². The van der Waals surface area contributed by atoms with E-state index in [1.54, 1.807) is 0 Å². The maximum atomic E-state index is 5.72. The molecule has 1 saturated carbocycles. The second-order valence-corrected chi connectivity index (χ2v) is 4.04. The van der Waals surface area contributed by atoms with Gasteiger partial charge in [0.1, 0.15) is 0 Å². The average Bonchev–Trinajstić information content (AvgIpc) is 2.08. The monoisotopic (exact) mass is 185 g/mol. The van der Waals surface area contributed by atoms with Crippen molar-refractivity contribution in [1.82, 2.24) is 4.90 Å². The van der Waals surface area contributed by atoms with Gasteiger partial charge in [-0.05, 0) is 32.9 Å². The van der Waals surface area contributed by atoms with Crippen molar-refractivity contribution >= 4 is 0 Å². The van der Waals surface area contributed by atoms with Crippen molar-refractivity contribution in [3.05, 3.63) is 0 Å². The fourth-order valence-electron chi connectivity index (χ4n) is 1.69. The molecule has 0 unspecified atom stereocenters. The molecular formula is C11H23NO. The van der Waals surface area contributed by atoms with E-state index in [0.29, 0.717) is 6.10 Å². The minimum atomic E-state index is 0.561. The van der Waals surface area contributed by atoms with Crippen LogP contribution in [0.25, 0.3) is 0 Å². The molecule has 0 aliphatic heterocycles. The highest BCUT2D eigenvalue weighted by Crippen LogP contribution is 2.27. The van der Waals surface area contributed by atoms with Crippen molar-refractivity contribution in [2.45, 2.75) is 51.7 Å². The molecule has 0 aromatic heterocycles. The van der Waals surface area contributed by atoms with Gasteiger partial charge in [-0.15, -0.1) is 0 Å². The Morgan fingerprint density at radius 2 is 2.00 bits per heavy atom. The lowest BCUT2D eigenvalue weighted by Gasteiger charge is -2.40. The summed E-state index contributed by atoms with van der Waals surface area (Å²) < 4.78 is 5.72. The Bertz CT molecular complexity index is 132. The minimum absolute atomic E-state index is 0.561. The summed E-state index contributed by atoms with van der Waals surface area (Å²) in [7, 11) is 2.20. The molecule has 0 amide bonds. The third-order valence-electron chi connectivity index (χ3n) is 3.04. The first-order valence-electron chi connectivity index (χ1n) is 5.59. The van der Waals surface area contributed by atoms with Gasteiger partial charge in [0.25, 0.3) is 0 Å². The zero-order valence-electron chi connectivity index (χ0n) is 9.25. The van der Waals surface area contributed by atoms with E-state index in [-0.39, 0.29) is 0 Å². The second kappa shape index (κ2) is 5.61. The summed E-state index contributed by atoms with van der Waals surface area (Å²) in [5.41, 5.74) is 0. The maximum absolute atomic E-state index is 5.72. The highest BCUT2D eigenvalue weighted by atomic mass is 16.5. The number of hydrogen-bond acceptors (Lipinski definition) is 2. The van der Waals surface area contributed by atoms with Gasteiger partial charge < -0.3 is 9.64 Å². The van der Waals surface area contributed by atoms with Crippen LogP contribution in [-0.4, -0.2) is 37.2 Å². The van der Waals surface area contributed by atoms with Gasteiger partial charge in [-0.2, -0.15) is 0 Å². The number of hydrogen-bond donors (Lipinski definition) is 0. The van der Waals surface area contributed by atoms with Crippen LogP contribution < -0.4 is 0 Å². The number of ether oxygens (including phenoxy) is 1. The Hall–Kier alpha value is -0.0800. The molecule has 0 heterocycles. The van der Waals surface area contributed by atoms with Crippen molar-refractivity contribution < 1.29 is 4.74 Å². The topological polar surface area (TPSA) is 12.5 Å². The standard InChI is InChI=1S/C11H23NO/c1-4-6-7-13-11-8-10(9-11)12(3)5-2/h10-11H,4-9H2,1-3H3. The molecule has 0 spiro atoms. The summed E-state index contributed by atoms with van der Waals surface area (Å²) in [5.74, 6) is 0. The summed E-state index contributed by atoms with van der Waals surface area (Å²) in [5, 5.41) is 0. The molecule has 0 saturated heterocycles. The van der Waals surface area contributed by atoms with E-state index in [4.69, 9.17) is 4.74 Å². The Labute approximate surface area is 82.3 Å². The molecule has 13 heavy (non-hydrogen) atoms. The highest BCUT2D eigenvalue weighted by Gasteiger charge is 2.31. The molecule has 1 rings (SSSR count). The van der Waals surface area contributed by atoms with E-state index in [1.165, 1.54) is 25.7 Å². The number of nitrogens with zero attached hydrogens (tertiary/aromatic N) is 1. The number of unbranched alkanes of at least 4 members (excludes halogenated alkanes) is 1. The SMILES string of the molecule is CCCCOC1CC(N(C)CC)C1. The first kappa shape index (κ1) is 11.0. The summed E-state index contributed by atoms with van der Waals surface area (Å²) in [4.78, 5) is 2.42. The van der Waals surface area contributed by atoms with Gasteiger partial charge in [-0.3, -0.25) is 0 Å². The quantitative estimate of drug-likeness (QED) is 0.589. The lowest BCUT2D eigenvalue weighted by atomic mass is 9.88. The van der Waals surface area contributed by atoms with Crippen molar-refractivity contribution in [2.24, 2.45) is 0 Å². The molecule has 0 atom stereocenters. The molecule has 1 aliphatic rings. The molecule has 1 fully saturated rings. The Morgan fingerprint density at radius 3 is 2.54 bits per heavy atom. The molecule has 0 N–H and O–H groups in total. The minimum Gasteiger partial charge on any atom is -0.378 e. The highest BCUT2D eigenvalue weighted by molar-refractivity contribution is 4.86. The molecule has 0 bridgehead atoms. The summed E-state index contributed by atoms with van der Waals surface area (Å²) >= 11 is 0. The lowest BCUT2D eigenvalue weighted by Crippen LogP contribution is -2.46. The van der Waals surface area contributed by atoms with Gasteiger partial charge in [0.05, 0.1) is 6.10 Å². The van der Waals surface area contributed by atoms with Gasteiger partial charge in [0.2, 0.25) is 0 Å². The first-order chi connectivity index (χ1) is 6.27. The summed E-state index contributed by atoms with van der Waals surface area (Å²) in [6, 6.07) is 0.789. The van der Waals surface area contributed by atoms with E-state index in [1.807, 2.05) is 0 Å². The van der Waals surface area contributed by atoms with Crippen molar-refractivity contribution in [3.8, 4) is 0 Å². The van der Waals surface area contributed by atoms with Crippen molar-refractivity contribution in [3.63, 3.8) is 0 Å². The van der Waals surface area contributed by atoms with Crippen LogP contribution in [0.15, 0.2) is 0 Å². The molecule has 2 heteroatoms. The average molecular weight is 185 g/mol. The van der Waals surface area contributed by atoms with Crippen LogP contribution in [0, 0.1) is 0 Å². The van der Waals surface area contributed by atoms with Crippen molar-refractivity contribution in [1.29, 1.82) is 0 Å². The molecule has 0 aromatic carbocycles. The first-order valence-corrected chi connectivity index (χ1v) is 5.59. The predicted octanol–water partition coefficient (Wildman–Crippen LogP) is 2.29. The van der Waals surface area contributed by atoms with Gasteiger partial charge in [-0.1, -0.05) is 20.3 Å².